The largest absolute Gasteiger partial charge is 0.0622 e. The average Bonchev–Trinajstić information content (AvgIpc) is 3.71. The van der Waals surface area contributed by atoms with Crippen molar-refractivity contribution in [1.82, 2.24) is 0 Å². The van der Waals surface area contributed by atoms with Gasteiger partial charge in [-0.05, 0) is 234 Å². The Morgan fingerprint density at radius 3 is 0.679 bits per heavy atom. The van der Waals surface area contributed by atoms with Crippen molar-refractivity contribution in [3.63, 3.8) is 0 Å². The molecule has 15 rings (SSSR count). The van der Waals surface area contributed by atoms with E-state index < -0.39 is 0 Å². The zero-order valence-corrected chi connectivity index (χ0v) is 46.3. The second-order valence-electron chi connectivity index (χ2n) is 22.0. The Bertz CT molecular complexity index is 4580. The summed E-state index contributed by atoms with van der Waals surface area (Å²) in [4.78, 5) is 0. The van der Waals surface area contributed by atoms with Crippen LogP contribution >= 0.6 is 0 Å². The summed E-state index contributed by atoms with van der Waals surface area (Å²) >= 11 is 0. The molecule has 0 aromatic heterocycles. The highest BCUT2D eigenvalue weighted by Gasteiger charge is 2.17. The smallest absolute Gasteiger partial charge is 0.00928 e. The monoisotopic (exact) mass is 1060 g/mol. The van der Waals surface area contributed by atoms with Gasteiger partial charge in [0.25, 0.3) is 0 Å². The van der Waals surface area contributed by atoms with Gasteiger partial charge in [0.05, 0.1) is 0 Å². The highest BCUT2D eigenvalue weighted by molar-refractivity contribution is 6.25. The molecule has 0 heteroatoms. The van der Waals surface area contributed by atoms with Gasteiger partial charge in [-0.2, -0.15) is 0 Å². The summed E-state index contributed by atoms with van der Waals surface area (Å²) in [5.74, 6) is 0. The Kier molecular flexibility index (Phi) is 13.0. The lowest BCUT2D eigenvalue weighted by atomic mass is 9.87. The molecular weight excluding hydrogens is 1010 g/mol. The summed E-state index contributed by atoms with van der Waals surface area (Å²) < 4.78 is 0. The Hall–Kier alpha value is -10.9. The SMILES string of the molecule is c1ccc(-c2cc(-c3ccccc3)cc(-c3cccc(-c4cc(-c5cccc(-c6cc(-c7ccccc7)cc(-c7ccccc7)c6)c5)cc(-c5ccccc5-c5cccc(-c6ccc7c8ccccc8c8ccccc8c7c6)c5)c4)c3)c2)cc1. The zero-order chi connectivity index (χ0) is 55.8. The maximum absolute atomic E-state index is 2.40. The fourth-order valence-electron chi connectivity index (χ4n) is 12.6. The van der Waals surface area contributed by atoms with Crippen LogP contribution in [-0.4, -0.2) is 0 Å². The molecule has 0 unspecified atom stereocenters. The van der Waals surface area contributed by atoms with Crippen LogP contribution < -0.4 is 0 Å². The van der Waals surface area contributed by atoms with Crippen molar-refractivity contribution < 1.29 is 0 Å². The number of hydrogen-bond donors (Lipinski definition) is 0. The summed E-state index contributed by atoms with van der Waals surface area (Å²) in [6.07, 6.45) is 0. The third-order valence-electron chi connectivity index (χ3n) is 16.8. The molecule has 392 valence electrons. The van der Waals surface area contributed by atoms with E-state index in [1.807, 2.05) is 0 Å². The van der Waals surface area contributed by atoms with Crippen LogP contribution in [0.4, 0.5) is 0 Å². The van der Waals surface area contributed by atoms with Gasteiger partial charge in [-0.25, -0.2) is 0 Å². The van der Waals surface area contributed by atoms with Crippen molar-refractivity contribution in [3.8, 4) is 122 Å². The first-order valence-electron chi connectivity index (χ1n) is 29.0. The van der Waals surface area contributed by atoms with Gasteiger partial charge in [-0.3, -0.25) is 0 Å². The Morgan fingerprint density at radius 2 is 0.310 bits per heavy atom. The number of rotatable bonds is 11. The molecule has 0 spiro atoms. The zero-order valence-electron chi connectivity index (χ0n) is 46.3. The van der Waals surface area contributed by atoms with Gasteiger partial charge in [-0.15, -0.1) is 0 Å². The van der Waals surface area contributed by atoms with Crippen molar-refractivity contribution in [2.24, 2.45) is 0 Å². The van der Waals surface area contributed by atoms with E-state index in [0.717, 1.165) is 38.9 Å². The Balaban J connectivity index is 0.880. The lowest BCUT2D eigenvalue weighted by Gasteiger charge is -2.17. The van der Waals surface area contributed by atoms with E-state index >= 15 is 0 Å². The maximum atomic E-state index is 2.40. The van der Waals surface area contributed by atoms with Crippen LogP contribution in [-0.2, 0) is 0 Å². The van der Waals surface area contributed by atoms with E-state index in [4.69, 9.17) is 0 Å². The molecule has 0 atom stereocenters. The molecule has 15 aromatic carbocycles. The van der Waals surface area contributed by atoms with Crippen molar-refractivity contribution >= 4 is 32.3 Å². The number of fused-ring (bicyclic) bond motifs is 6. The molecule has 0 aliphatic heterocycles. The summed E-state index contributed by atoms with van der Waals surface area (Å²) in [7, 11) is 0. The lowest BCUT2D eigenvalue weighted by molar-refractivity contribution is 1.53. The van der Waals surface area contributed by atoms with Crippen LogP contribution in [0.1, 0.15) is 0 Å². The van der Waals surface area contributed by atoms with Gasteiger partial charge < -0.3 is 0 Å². The van der Waals surface area contributed by atoms with Crippen LogP contribution in [0, 0.1) is 0 Å². The molecule has 0 nitrogen and oxygen atoms in total. The van der Waals surface area contributed by atoms with Crippen molar-refractivity contribution in [3.05, 3.63) is 340 Å². The summed E-state index contributed by atoms with van der Waals surface area (Å²) in [6, 6.07) is 125. The molecule has 0 saturated heterocycles. The van der Waals surface area contributed by atoms with Crippen molar-refractivity contribution in [2.45, 2.75) is 0 Å². The van der Waals surface area contributed by atoms with E-state index in [1.165, 1.54) is 116 Å². The van der Waals surface area contributed by atoms with Gasteiger partial charge in [0.1, 0.15) is 0 Å². The van der Waals surface area contributed by atoms with Gasteiger partial charge in [0.15, 0.2) is 0 Å². The minimum Gasteiger partial charge on any atom is -0.0622 e. The topological polar surface area (TPSA) is 0 Å². The molecule has 0 N–H and O–H groups in total. The molecule has 0 aliphatic rings. The van der Waals surface area contributed by atoms with Crippen molar-refractivity contribution in [2.75, 3.05) is 0 Å². The Labute approximate surface area is 491 Å². The van der Waals surface area contributed by atoms with Gasteiger partial charge in [0.2, 0.25) is 0 Å². The van der Waals surface area contributed by atoms with Gasteiger partial charge in [0, 0.05) is 0 Å². The van der Waals surface area contributed by atoms with Gasteiger partial charge in [-0.1, -0.05) is 261 Å². The average molecular weight is 1070 g/mol. The minimum absolute atomic E-state index is 1.15. The second kappa shape index (κ2) is 21.9. The molecule has 0 heterocycles. The molecular formula is C84H56. The predicted octanol–water partition coefficient (Wildman–Crippen LogP) is 23.5. The Morgan fingerprint density at radius 1 is 0.0952 bits per heavy atom. The maximum Gasteiger partial charge on any atom is -0.00928 e. The van der Waals surface area contributed by atoms with Crippen LogP contribution in [0.15, 0.2) is 340 Å². The van der Waals surface area contributed by atoms with Crippen molar-refractivity contribution in [1.29, 1.82) is 0 Å². The quantitative estimate of drug-likeness (QED) is 0.113. The third-order valence-corrected chi connectivity index (χ3v) is 16.8. The highest BCUT2D eigenvalue weighted by atomic mass is 14.2. The van der Waals surface area contributed by atoms with Gasteiger partial charge >= 0.3 is 0 Å². The molecule has 0 fully saturated rings. The lowest BCUT2D eigenvalue weighted by Crippen LogP contribution is -1.91. The molecule has 0 radical (unpaired) electrons. The highest BCUT2D eigenvalue weighted by Crippen LogP contribution is 2.43. The standard InChI is InChI=1S/C84H56/c1-5-22-57(23-6-1)68-47-69(58-24-7-2-8-25-58)50-72(49-68)62-31-19-33-64(44-62)74-53-75(65-34-20-32-63(45-65)73-51-70(59-26-9-3-10-27-59)48-71(52-73)60-28-11-4-12-29-60)55-76(54-74)78-37-14-13-36-77(78)67-35-21-30-61(46-67)66-42-43-83-81-40-16-15-38-79(81)80-39-17-18-41-82(80)84(83)56-66/h1-56H. The molecule has 0 amide bonds. The van der Waals surface area contributed by atoms with Crippen LogP contribution in [0.5, 0.6) is 0 Å². The summed E-state index contributed by atoms with van der Waals surface area (Å²) in [5.41, 5.74) is 25.9. The first-order chi connectivity index (χ1) is 41.6. The summed E-state index contributed by atoms with van der Waals surface area (Å²) in [5, 5.41) is 7.67. The predicted molar refractivity (Wildman–Crippen MR) is 359 cm³/mol. The molecule has 0 aliphatic carbocycles. The first kappa shape index (κ1) is 50.1. The fraction of sp³-hybridized carbons (Fsp3) is 0. The van der Waals surface area contributed by atoms with E-state index in [0.29, 0.717) is 0 Å². The first-order valence-corrected chi connectivity index (χ1v) is 29.0. The third kappa shape index (κ3) is 9.76. The van der Waals surface area contributed by atoms with E-state index in [2.05, 4.69) is 340 Å². The minimum atomic E-state index is 1.15. The molecule has 0 bridgehead atoms. The van der Waals surface area contributed by atoms with Crippen LogP contribution in [0.25, 0.3) is 155 Å². The number of benzene rings is 15. The molecule has 0 saturated carbocycles. The van der Waals surface area contributed by atoms with E-state index in [9.17, 15) is 0 Å². The number of hydrogen-bond acceptors (Lipinski definition) is 0. The fourth-order valence-corrected chi connectivity index (χ4v) is 12.6. The second-order valence-corrected chi connectivity index (χ2v) is 22.0. The van der Waals surface area contributed by atoms with E-state index in [1.54, 1.807) is 0 Å². The normalized spacial score (nSPS) is 11.3. The van der Waals surface area contributed by atoms with Crippen LogP contribution in [0.2, 0.25) is 0 Å². The van der Waals surface area contributed by atoms with E-state index in [-0.39, 0.29) is 0 Å². The molecule has 15 aromatic rings. The molecule has 84 heavy (non-hydrogen) atoms. The summed E-state index contributed by atoms with van der Waals surface area (Å²) in [6.45, 7) is 0. The van der Waals surface area contributed by atoms with Crippen LogP contribution in [0.3, 0.4) is 0 Å².